The molecule has 0 radical (unpaired) electrons. The van der Waals surface area contributed by atoms with Gasteiger partial charge in [-0.2, -0.15) is 0 Å². The number of hydrogen-bond acceptors (Lipinski definition) is 2. The van der Waals surface area contributed by atoms with E-state index in [0.29, 0.717) is 0 Å². The number of benzene rings is 8. The third-order valence-corrected chi connectivity index (χ3v) is 9.02. The molecule has 2 heteroatoms. The Morgan fingerprint density at radius 1 is 0.348 bits per heavy atom. The Labute approximate surface area is 267 Å². The average molecular weight is 588 g/mol. The molecule has 0 saturated heterocycles. The van der Waals surface area contributed by atoms with Crippen LogP contribution in [-0.4, -0.2) is 0 Å². The fourth-order valence-electron chi connectivity index (χ4n) is 6.72. The SMILES string of the molecule is c1ccc(-c2ccc3c(c2)oc2cccc(N(c4ccc(-c5ccc6ccccc6c5)cc4)c4ccc5ccccc5c4)c23)cc1. The van der Waals surface area contributed by atoms with Gasteiger partial charge < -0.3 is 9.32 Å². The number of rotatable bonds is 5. The Balaban J connectivity index is 1.21. The van der Waals surface area contributed by atoms with Gasteiger partial charge in [-0.25, -0.2) is 0 Å². The third kappa shape index (κ3) is 4.51. The monoisotopic (exact) mass is 587 g/mol. The summed E-state index contributed by atoms with van der Waals surface area (Å²) in [7, 11) is 0. The topological polar surface area (TPSA) is 16.4 Å². The van der Waals surface area contributed by atoms with Crippen LogP contribution in [0, 0.1) is 0 Å². The van der Waals surface area contributed by atoms with Crippen LogP contribution in [0.1, 0.15) is 0 Å². The maximum atomic E-state index is 6.53. The molecule has 0 atom stereocenters. The van der Waals surface area contributed by atoms with Gasteiger partial charge in [-0.05, 0) is 98.4 Å². The highest BCUT2D eigenvalue weighted by molar-refractivity contribution is 6.14. The van der Waals surface area contributed by atoms with Crippen molar-refractivity contribution in [2.45, 2.75) is 0 Å². The van der Waals surface area contributed by atoms with Gasteiger partial charge >= 0.3 is 0 Å². The molecule has 0 aliphatic rings. The van der Waals surface area contributed by atoms with Crippen molar-refractivity contribution in [2.24, 2.45) is 0 Å². The Kier molecular flexibility index (Phi) is 6.17. The molecule has 0 unspecified atom stereocenters. The Bertz CT molecular complexity index is 2530. The van der Waals surface area contributed by atoms with E-state index in [1.165, 1.54) is 38.2 Å². The van der Waals surface area contributed by atoms with Crippen LogP contribution in [0.5, 0.6) is 0 Å². The third-order valence-electron chi connectivity index (χ3n) is 9.02. The molecule has 0 saturated carbocycles. The van der Waals surface area contributed by atoms with Crippen molar-refractivity contribution in [2.75, 3.05) is 4.90 Å². The van der Waals surface area contributed by atoms with Gasteiger partial charge in [-0.15, -0.1) is 0 Å². The van der Waals surface area contributed by atoms with Crippen LogP contribution < -0.4 is 4.90 Å². The molecule has 0 aliphatic heterocycles. The van der Waals surface area contributed by atoms with Crippen LogP contribution >= 0.6 is 0 Å². The van der Waals surface area contributed by atoms with Crippen molar-refractivity contribution in [3.05, 3.63) is 176 Å². The summed E-state index contributed by atoms with van der Waals surface area (Å²) in [6.07, 6.45) is 0. The van der Waals surface area contributed by atoms with E-state index in [2.05, 4.69) is 175 Å². The Hall–Kier alpha value is -6.12. The van der Waals surface area contributed by atoms with Crippen LogP contribution in [0.15, 0.2) is 180 Å². The molecule has 0 spiro atoms. The summed E-state index contributed by atoms with van der Waals surface area (Å²) in [6.45, 7) is 0. The second-order valence-corrected chi connectivity index (χ2v) is 11.8. The molecule has 216 valence electrons. The van der Waals surface area contributed by atoms with Gasteiger partial charge in [0.25, 0.3) is 0 Å². The highest BCUT2D eigenvalue weighted by Crippen LogP contribution is 2.44. The quantitative estimate of drug-likeness (QED) is 0.199. The maximum Gasteiger partial charge on any atom is 0.137 e. The number of hydrogen-bond donors (Lipinski definition) is 0. The summed E-state index contributed by atoms with van der Waals surface area (Å²) < 4.78 is 6.53. The first-order valence-corrected chi connectivity index (χ1v) is 15.7. The lowest BCUT2D eigenvalue weighted by molar-refractivity contribution is 0.669. The van der Waals surface area contributed by atoms with Gasteiger partial charge in [-0.1, -0.05) is 121 Å². The van der Waals surface area contributed by atoms with Gasteiger partial charge in [0.2, 0.25) is 0 Å². The summed E-state index contributed by atoms with van der Waals surface area (Å²) >= 11 is 0. The maximum absolute atomic E-state index is 6.53. The minimum atomic E-state index is 0.872. The highest BCUT2D eigenvalue weighted by atomic mass is 16.3. The molecule has 0 aliphatic carbocycles. The molecular formula is C44H29NO. The van der Waals surface area contributed by atoms with Crippen molar-refractivity contribution < 1.29 is 4.42 Å². The van der Waals surface area contributed by atoms with Crippen LogP contribution in [0.4, 0.5) is 17.1 Å². The van der Waals surface area contributed by atoms with Crippen molar-refractivity contribution in [3.8, 4) is 22.3 Å². The van der Waals surface area contributed by atoms with Crippen molar-refractivity contribution in [1.82, 2.24) is 0 Å². The lowest BCUT2D eigenvalue weighted by Crippen LogP contribution is -2.10. The van der Waals surface area contributed by atoms with Crippen LogP contribution in [-0.2, 0) is 0 Å². The minimum Gasteiger partial charge on any atom is -0.456 e. The fourth-order valence-corrected chi connectivity index (χ4v) is 6.72. The molecule has 1 heterocycles. The van der Waals surface area contributed by atoms with Gasteiger partial charge in [-0.3, -0.25) is 0 Å². The molecule has 1 aromatic heterocycles. The first-order valence-electron chi connectivity index (χ1n) is 15.7. The summed E-state index contributed by atoms with van der Waals surface area (Å²) in [5.74, 6) is 0. The number of nitrogens with zero attached hydrogens (tertiary/aromatic N) is 1. The van der Waals surface area contributed by atoms with Crippen LogP contribution in [0.2, 0.25) is 0 Å². The predicted octanol–water partition coefficient (Wildman–Crippen LogP) is 12.7. The molecule has 46 heavy (non-hydrogen) atoms. The lowest BCUT2D eigenvalue weighted by Gasteiger charge is -2.27. The van der Waals surface area contributed by atoms with Crippen LogP contribution in [0.3, 0.4) is 0 Å². The Morgan fingerprint density at radius 3 is 1.72 bits per heavy atom. The molecule has 0 bridgehead atoms. The molecule has 0 fully saturated rings. The lowest BCUT2D eigenvalue weighted by atomic mass is 10.0. The molecule has 9 aromatic rings. The van der Waals surface area contributed by atoms with Crippen molar-refractivity contribution in [1.29, 1.82) is 0 Å². The smallest absolute Gasteiger partial charge is 0.137 e. The molecule has 0 amide bonds. The van der Waals surface area contributed by atoms with Crippen LogP contribution in [0.25, 0.3) is 65.7 Å². The molecule has 8 aromatic carbocycles. The molecular weight excluding hydrogens is 558 g/mol. The first-order chi connectivity index (χ1) is 22.8. The van der Waals surface area contributed by atoms with Crippen molar-refractivity contribution >= 4 is 60.5 Å². The van der Waals surface area contributed by atoms with Gasteiger partial charge in [0.15, 0.2) is 0 Å². The van der Waals surface area contributed by atoms with E-state index in [4.69, 9.17) is 4.42 Å². The second kappa shape index (κ2) is 10.8. The second-order valence-electron chi connectivity index (χ2n) is 11.8. The highest BCUT2D eigenvalue weighted by Gasteiger charge is 2.20. The van der Waals surface area contributed by atoms with Crippen molar-refractivity contribution in [3.63, 3.8) is 0 Å². The van der Waals surface area contributed by atoms with E-state index in [1.807, 2.05) is 6.07 Å². The van der Waals surface area contributed by atoms with E-state index in [9.17, 15) is 0 Å². The number of furan rings is 1. The molecule has 2 nitrogen and oxygen atoms in total. The van der Waals surface area contributed by atoms with E-state index in [-0.39, 0.29) is 0 Å². The summed E-state index contributed by atoms with van der Waals surface area (Å²) in [5.41, 5.74) is 9.73. The predicted molar refractivity (Wildman–Crippen MR) is 194 cm³/mol. The van der Waals surface area contributed by atoms with Gasteiger partial charge in [0, 0.05) is 16.8 Å². The van der Waals surface area contributed by atoms with E-state index in [0.717, 1.165) is 44.6 Å². The zero-order chi connectivity index (χ0) is 30.5. The first kappa shape index (κ1) is 26.3. The number of fused-ring (bicyclic) bond motifs is 5. The summed E-state index contributed by atoms with van der Waals surface area (Å²) in [5, 5.41) is 7.12. The zero-order valence-corrected chi connectivity index (χ0v) is 25.1. The average Bonchev–Trinajstić information content (AvgIpc) is 3.51. The van der Waals surface area contributed by atoms with Gasteiger partial charge in [0.1, 0.15) is 11.2 Å². The normalized spacial score (nSPS) is 11.5. The van der Waals surface area contributed by atoms with E-state index >= 15 is 0 Å². The minimum absolute atomic E-state index is 0.872. The summed E-state index contributed by atoms with van der Waals surface area (Å²) in [4.78, 5) is 2.36. The van der Waals surface area contributed by atoms with E-state index < -0.39 is 0 Å². The standard InChI is InChI=1S/C44H29NO/c1-2-9-30(10-3-1)37-22-26-40-43(29-37)46-42-16-8-15-41(44(40)42)45(39-25-21-32-12-5-7-14-35(32)28-39)38-23-19-33(20-24-38)36-18-17-31-11-4-6-13-34(31)27-36/h1-29H. The largest absolute Gasteiger partial charge is 0.456 e. The van der Waals surface area contributed by atoms with Gasteiger partial charge in [0.05, 0.1) is 11.1 Å². The number of anilines is 3. The Morgan fingerprint density at radius 2 is 0.935 bits per heavy atom. The van der Waals surface area contributed by atoms with E-state index in [1.54, 1.807) is 0 Å². The summed E-state index contributed by atoms with van der Waals surface area (Å²) in [6, 6.07) is 62.8. The zero-order valence-electron chi connectivity index (χ0n) is 25.1. The fraction of sp³-hybridized carbons (Fsp3) is 0. The molecule has 0 N–H and O–H groups in total. The molecule has 9 rings (SSSR count).